The van der Waals surface area contributed by atoms with Gasteiger partial charge in [-0.3, -0.25) is 4.79 Å². The van der Waals surface area contributed by atoms with Gasteiger partial charge in [-0.05, 0) is 59.3 Å². The van der Waals surface area contributed by atoms with Crippen molar-refractivity contribution >= 4 is 27.8 Å². The van der Waals surface area contributed by atoms with Crippen molar-refractivity contribution in [1.29, 1.82) is 5.26 Å². The summed E-state index contributed by atoms with van der Waals surface area (Å²) < 4.78 is 16.9. The first-order valence-corrected chi connectivity index (χ1v) is 10.7. The van der Waals surface area contributed by atoms with E-state index >= 15 is 0 Å². The van der Waals surface area contributed by atoms with Gasteiger partial charge in [-0.25, -0.2) is 4.79 Å². The molecule has 0 saturated heterocycles. The number of nitrogens with one attached hydrogen (secondary N) is 1. The number of carbonyl (C=O) groups is 2. The lowest BCUT2D eigenvalue weighted by Gasteiger charge is -2.21. The van der Waals surface area contributed by atoms with Crippen molar-refractivity contribution in [2.45, 2.75) is 37.8 Å². The highest BCUT2D eigenvalue weighted by atomic mass is 79.9. The number of halogens is 1. The Bertz CT molecular complexity index is 981. The third kappa shape index (κ3) is 5.76. The van der Waals surface area contributed by atoms with Crippen LogP contribution in [-0.4, -0.2) is 31.1 Å². The first kappa shape index (κ1) is 22.6. The molecule has 2 aromatic rings. The maximum atomic E-state index is 12.5. The quantitative estimate of drug-likeness (QED) is 0.562. The number of nitrogens with zero attached hydrogens (tertiary/aromatic N) is 1. The van der Waals surface area contributed by atoms with Crippen LogP contribution in [0.3, 0.4) is 0 Å². The van der Waals surface area contributed by atoms with E-state index in [9.17, 15) is 14.9 Å². The van der Waals surface area contributed by atoms with E-state index in [0.717, 1.165) is 18.4 Å². The van der Waals surface area contributed by atoms with Crippen molar-refractivity contribution < 1.29 is 23.8 Å². The Hall–Kier alpha value is -3.05. The minimum atomic E-state index is -0.854. The van der Waals surface area contributed by atoms with E-state index in [1.165, 1.54) is 13.2 Å². The molecule has 0 atom stereocenters. The first-order valence-electron chi connectivity index (χ1n) is 9.90. The van der Waals surface area contributed by atoms with E-state index in [4.69, 9.17) is 14.2 Å². The molecule has 3 rings (SSSR count). The Morgan fingerprint density at radius 3 is 2.55 bits per heavy atom. The summed E-state index contributed by atoms with van der Waals surface area (Å²) in [5.41, 5.74) is 0.343. The van der Waals surface area contributed by atoms with Crippen LogP contribution in [0, 0.1) is 11.3 Å². The number of carbonyl (C=O) groups excluding carboxylic acids is 2. The summed E-state index contributed by atoms with van der Waals surface area (Å²) in [4.78, 5) is 24.6. The molecule has 1 saturated carbocycles. The monoisotopic (exact) mass is 486 g/mol. The Labute approximate surface area is 189 Å². The van der Waals surface area contributed by atoms with Crippen LogP contribution in [0.15, 0.2) is 46.9 Å². The number of esters is 1. The number of methoxy groups -OCH3 is 1. The molecule has 1 aliphatic rings. The molecule has 8 heteroatoms. The third-order valence-electron chi connectivity index (χ3n) is 5.08. The van der Waals surface area contributed by atoms with Crippen molar-refractivity contribution in [2.24, 2.45) is 0 Å². The molecule has 1 fully saturated rings. The number of ether oxygens (including phenoxy) is 3. The summed E-state index contributed by atoms with van der Waals surface area (Å²) in [5.74, 6) is -0.360. The predicted molar refractivity (Wildman–Crippen MR) is 117 cm³/mol. The SMILES string of the molecule is COc1cc(C(=O)OCC(=O)NC2(C#N)CCCC2)cc(Br)c1OCc1ccccc1. The van der Waals surface area contributed by atoms with Crippen LogP contribution >= 0.6 is 15.9 Å². The molecule has 31 heavy (non-hydrogen) atoms. The highest BCUT2D eigenvalue weighted by Gasteiger charge is 2.35. The molecule has 0 heterocycles. The zero-order valence-corrected chi connectivity index (χ0v) is 18.7. The van der Waals surface area contributed by atoms with Crippen molar-refractivity contribution in [1.82, 2.24) is 5.32 Å². The number of amides is 1. The summed E-state index contributed by atoms with van der Waals surface area (Å²) in [6, 6.07) is 14.9. The molecule has 0 radical (unpaired) electrons. The molecular formula is C23H23BrN2O5. The molecule has 1 amide bonds. The molecule has 0 aliphatic heterocycles. The molecule has 0 aromatic heterocycles. The molecule has 2 aromatic carbocycles. The number of nitriles is 1. The number of hydrogen-bond acceptors (Lipinski definition) is 6. The Kier molecular flexibility index (Phi) is 7.53. The van der Waals surface area contributed by atoms with Crippen molar-refractivity contribution in [3.05, 3.63) is 58.1 Å². The van der Waals surface area contributed by atoms with E-state index in [2.05, 4.69) is 27.3 Å². The molecule has 7 nitrogen and oxygen atoms in total. The Balaban J connectivity index is 1.62. The van der Waals surface area contributed by atoms with Crippen molar-refractivity contribution in [3.63, 3.8) is 0 Å². The number of benzene rings is 2. The van der Waals surface area contributed by atoms with Gasteiger partial charge >= 0.3 is 5.97 Å². The average Bonchev–Trinajstić information content (AvgIpc) is 3.25. The highest BCUT2D eigenvalue weighted by molar-refractivity contribution is 9.10. The molecular weight excluding hydrogens is 464 g/mol. The molecule has 0 unspecified atom stereocenters. The van der Waals surface area contributed by atoms with E-state index < -0.39 is 24.0 Å². The fourth-order valence-corrected chi connectivity index (χ4v) is 4.02. The summed E-state index contributed by atoms with van der Waals surface area (Å²) in [7, 11) is 1.47. The third-order valence-corrected chi connectivity index (χ3v) is 5.66. The van der Waals surface area contributed by atoms with Crippen LogP contribution in [0.1, 0.15) is 41.6 Å². The highest BCUT2D eigenvalue weighted by Crippen LogP contribution is 2.37. The molecule has 0 spiro atoms. The molecule has 1 aliphatic carbocycles. The van der Waals surface area contributed by atoms with E-state index in [-0.39, 0.29) is 5.56 Å². The smallest absolute Gasteiger partial charge is 0.338 e. The summed E-state index contributed by atoms with van der Waals surface area (Å²) in [6.07, 6.45) is 3.00. The second-order valence-electron chi connectivity index (χ2n) is 7.29. The van der Waals surface area contributed by atoms with Crippen LogP contribution in [0.2, 0.25) is 0 Å². The van der Waals surface area contributed by atoms with Crippen LogP contribution in [0.25, 0.3) is 0 Å². The van der Waals surface area contributed by atoms with Gasteiger partial charge < -0.3 is 19.5 Å². The van der Waals surface area contributed by atoms with Gasteiger partial charge in [0.05, 0.1) is 23.2 Å². The van der Waals surface area contributed by atoms with Gasteiger partial charge in [-0.2, -0.15) is 5.26 Å². The predicted octanol–water partition coefficient (Wildman–Crippen LogP) is 4.15. The van der Waals surface area contributed by atoms with Crippen molar-refractivity contribution in [3.8, 4) is 17.6 Å². The summed E-state index contributed by atoms with van der Waals surface area (Å²) in [5, 5.41) is 12.0. The first-order chi connectivity index (χ1) is 15.0. The summed E-state index contributed by atoms with van der Waals surface area (Å²) >= 11 is 3.41. The van der Waals surface area contributed by atoms with E-state index in [0.29, 0.717) is 35.4 Å². The lowest BCUT2D eigenvalue weighted by atomic mass is 10.00. The van der Waals surface area contributed by atoms with Gasteiger partial charge in [-0.15, -0.1) is 0 Å². The van der Waals surface area contributed by atoms with Gasteiger partial charge in [-0.1, -0.05) is 30.3 Å². The standard InChI is InChI=1S/C23H23BrN2O5/c1-29-19-12-17(11-18(24)21(19)30-13-16-7-3-2-4-8-16)22(28)31-14-20(27)26-23(15-25)9-5-6-10-23/h2-4,7-8,11-12H,5-6,9-10,13-14H2,1H3,(H,26,27). The van der Waals surface area contributed by atoms with Crippen LogP contribution in [-0.2, 0) is 16.1 Å². The van der Waals surface area contributed by atoms with Gasteiger partial charge in [0.2, 0.25) is 0 Å². The number of rotatable bonds is 8. The molecule has 162 valence electrons. The Morgan fingerprint density at radius 1 is 1.19 bits per heavy atom. The second-order valence-corrected chi connectivity index (χ2v) is 8.14. The summed E-state index contributed by atoms with van der Waals surface area (Å²) in [6.45, 7) is -0.130. The molecule has 1 N–H and O–H groups in total. The van der Waals surface area contributed by atoms with E-state index in [1.54, 1.807) is 6.07 Å². The van der Waals surface area contributed by atoms with Crippen molar-refractivity contribution in [2.75, 3.05) is 13.7 Å². The topological polar surface area (TPSA) is 97.6 Å². The lowest BCUT2D eigenvalue weighted by Crippen LogP contribution is -2.46. The lowest BCUT2D eigenvalue weighted by molar-refractivity contribution is -0.125. The van der Waals surface area contributed by atoms with Gasteiger partial charge in [0.25, 0.3) is 5.91 Å². The normalized spacial score (nSPS) is 14.4. The van der Waals surface area contributed by atoms with Gasteiger partial charge in [0, 0.05) is 0 Å². The minimum absolute atomic E-state index is 0.208. The van der Waals surface area contributed by atoms with Gasteiger partial charge in [0.15, 0.2) is 18.1 Å². The number of hydrogen-bond donors (Lipinski definition) is 1. The van der Waals surface area contributed by atoms with Gasteiger partial charge in [0.1, 0.15) is 12.1 Å². The fourth-order valence-electron chi connectivity index (χ4n) is 3.47. The minimum Gasteiger partial charge on any atom is -0.493 e. The average molecular weight is 487 g/mol. The Morgan fingerprint density at radius 2 is 1.90 bits per heavy atom. The van der Waals surface area contributed by atoms with Crippen LogP contribution in [0.5, 0.6) is 11.5 Å². The zero-order valence-electron chi connectivity index (χ0n) is 17.2. The molecule has 0 bridgehead atoms. The zero-order chi connectivity index (χ0) is 22.3. The fraction of sp³-hybridized carbons (Fsp3) is 0.348. The van der Waals surface area contributed by atoms with E-state index in [1.807, 2.05) is 30.3 Å². The maximum Gasteiger partial charge on any atom is 0.338 e. The second kappa shape index (κ2) is 10.3. The van der Waals surface area contributed by atoms with Crippen LogP contribution < -0.4 is 14.8 Å². The largest absolute Gasteiger partial charge is 0.493 e. The maximum absolute atomic E-state index is 12.5. The van der Waals surface area contributed by atoms with Crippen LogP contribution in [0.4, 0.5) is 0 Å².